The smallest absolute Gasteiger partial charge is 0.304 e. The van der Waals surface area contributed by atoms with E-state index in [9.17, 15) is 9.00 Å². The lowest BCUT2D eigenvalue weighted by molar-refractivity contribution is -0.146. The van der Waals surface area contributed by atoms with Gasteiger partial charge in [0.15, 0.2) is 0 Å². The minimum absolute atomic E-state index is 0.369. The Morgan fingerprint density at radius 3 is 1.82 bits per heavy atom. The summed E-state index contributed by atoms with van der Waals surface area (Å²) in [5.74, 6) is -0.369. The summed E-state index contributed by atoms with van der Waals surface area (Å²) in [4.78, 5) is 9.82. The minimum atomic E-state index is -1.04. The van der Waals surface area contributed by atoms with Crippen molar-refractivity contribution in [1.82, 2.24) is 0 Å². The summed E-state index contributed by atoms with van der Waals surface area (Å²) in [6, 6.07) is 0. The van der Waals surface area contributed by atoms with Crippen LogP contribution in [0.4, 0.5) is 0 Å². The third kappa shape index (κ3) is 1.00. The molecule has 0 bridgehead atoms. The van der Waals surface area contributed by atoms with Crippen LogP contribution >= 0.6 is 0 Å². The molecular weight excluding hydrogens is 164 g/mol. The first-order valence-electron chi connectivity index (χ1n) is 3.44. The van der Waals surface area contributed by atoms with Crippen molar-refractivity contribution in [2.45, 2.75) is 37.4 Å². The van der Waals surface area contributed by atoms with E-state index in [-0.39, 0.29) is 10.7 Å². The predicted molar refractivity (Wildman–Crippen MR) is 42.4 cm³/mol. The SMILES string of the molecule is CC(=O)OC1(C)S(=O)C1(C)C. The van der Waals surface area contributed by atoms with Crippen molar-refractivity contribution >= 4 is 16.8 Å². The van der Waals surface area contributed by atoms with Crippen LogP contribution in [-0.4, -0.2) is 19.9 Å². The van der Waals surface area contributed by atoms with Crippen molar-refractivity contribution < 1.29 is 13.7 Å². The Hall–Kier alpha value is -0.380. The van der Waals surface area contributed by atoms with Crippen LogP contribution in [0.2, 0.25) is 0 Å². The molecule has 2 unspecified atom stereocenters. The monoisotopic (exact) mass is 176 g/mol. The number of carbonyl (C=O) groups excluding carboxylic acids is 1. The normalized spacial score (nSPS) is 39.8. The maximum absolute atomic E-state index is 11.2. The van der Waals surface area contributed by atoms with E-state index in [1.807, 2.05) is 13.8 Å². The lowest BCUT2D eigenvalue weighted by Gasteiger charge is -2.09. The van der Waals surface area contributed by atoms with Gasteiger partial charge >= 0.3 is 5.97 Å². The maximum atomic E-state index is 11.2. The second-order valence-electron chi connectivity index (χ2n) is 3.32. The average Bonchev–Trinajstić information content (AvgIpc) is 2.13. The molecule has 0 aromatic carbocycles. The predicted octanol–water partition coefficient (Wildman–Crippen LogP) is 0.807. The largest absolute Gasteiger partial charge is 0.444 e. The molecule has 0 N–H and O–H groups in total. The first-order chi connectivity index (χ1) is 4.82. The molecule has 2 atom stereocenters. The first kappa shape index (κ1) is 8.71. The van der Waals surface area contributed by atoms with Crippen LogP contribution in [0, 0.1) is 0 Å². The van der Waals surface area contributed by atoms with Gasteiger partial charge in [0.2, 0.25) is 4.93 Å². The molecule has 1 saturated heterocycles. The minimum Gasteiger partial charge on any atom is -0.444 e. The van der Waals surface area contributed by atoms with Crippen LogP contribution in [0.25, 0.3) is 0 Å². The Labute approximate surface area is 68.6 Å². The van der Waals surface area contributed by atoms with Gasteiger partial charge in [-0.3, -0.25) is 9.00 Å². The lowest BCUT2D eigenvalue weighted by Crippen LogP contribution is -2.22. The van der Waals surface area contributed by atoms with E-state index >= 15 is 0 Å². The summed E-state index contributed by atoms with van der Waals surface area (Å²) in [6.07, 6.45) is 0. The van der Waals surface area contributed by atoms with Gasteiger partial charge < -0.3 is 4.74 Å². The highest BCUT2D eigenvalue weighted by molar-refractivity contribution is 7.95. The van der Waals surface area contributed by atoms with Gasteiger partial charge in [-0.1, -0.05) is 0 Å². The lowest BCUT2D eigenvalue weighted by atomic mass is 10.1. The van der Waals surface area contributed by atoms with Crippen molar-refractivity contribution in [2.24, 2.45) is 0 Å². The van der Waals surface area contributed by atoms with E-state index in [1.54, 1.807) is 6.92 Å². The second-order valence-corrected chi connectivity index (χ2v) is 5.66. The van der Waals surface area contributed by atoms with E-state index in [1.165, 1.54) is 6.92 Å². The summed E-state index contributed by atoms with van der Waals surface area (Å²) in [7, 11) is -1.04. The molecule has 0 radical (unpaired) electrons. The summed E-state index contributed by atoms with van der Waals surface area (Å²) < 4.78 is 15.8. The number of carbonyl (C=O) groups is 1. The van der Waals surface area contributed by atoms with Crippen LogP contribution < -0.4 is 0 Å². The van der Waals surface area contributed by atoms with Crippen molar-refractivity contribution in [2.75, 3.05) is 0 Å². The fourth-order valence-corrected chi connectivity index (χ4v) is 2.63. The van der Waals surface area contributed by atoms with Gasteiger partial charge in [0, 0.05) is 6.92 Å². The molecule has 0 saturated carbocycles. The third-order valence-electron chi connectivity index (χ3n) is 2.21. The van der Waals surface area contributed by atoms with Gasteiger partial charge in [0.25, 0.3) is 0 Å². The fourth-order valence-electron chi connectivity index (χ4n) is 1.06. The summed E-state index contributed by atoms with van der Waals surface area (Å²) in [5.41, 5.74) is 0. The van der Waals surface area contributed by atoms with E-state index < -0.39 is 15.7 Å². The van der Waals surface area contributed by atoms with E-state index in [2.05, 4.69) is 0 Å². The number of esters is 1. The molecule has 0 amide bonds. The zero-order chi connectivity index (χ0) is 8.86. The molecule has 0 aromatic heterocycles. The summed E-state index contributed by atoms with van der Waals surface area (Å²) in [5, 5.41) is 0. The number of hydrogen-bond donors (Lipinski definition) is 0. The Kier molecular flexibility index (Phi) is 1.63. The van der Waals surface area contributed by atoms with E-state index in [4.69, 9.17) is 4.74 Å². The molecule has 1 aliphatic heterocycles. The van der Waals surface area contributed by atoms with Crippen LogP contribution in [0.5, 0.6) is 0 Å². The van der Waals surface area contributed by atoms with Gasteiger partial charge in [0.05, 0.1) is 15.5 Å². The second kappa shape index (κ2) is 2.06. The number of rotatable bonds is 1. The molecular formula is C7H12O3S. The molecule has 1 fully saturated rings. The number of ether oxygens (including phenoxy) is 1. The van der Waals surface area contributed by atoms with Crippen LogP contribution in [0.1, 0.15) is 27.7 Å². The molecule has 1 heterocycles. The van der Waals surface area contributed by atoms with Gasteiger partial charge in [-0.2, -0.15) is 0 Å². The highest BCUT2D eigenvalue weighted by Gasteiger charge is 2.71. The van der Waals surface area contributed by atoms with Crippen molar-refractivity contribution in [3.8, 4) is 0 Å². The Balaban J connectivity index is 2.75. The van der Waals surface area contributed by atoms with Gasteiger partial charge in [-0.15, -0.1) is 0 Å². The Morgan fingerprint density at radius 2 is 1.73 bits per heavy atom. The fraction of sp³-hybridized carbons (Fsp3) is 0.857. The Morgan fingerprint density at radius 1 is 1.36 bits per heavy atom. The topological polar surface area (TPSA) is 43.4 Å². The molecule has 1 rings (SSSR count). The van der Waals surface area contributed by atoms with Gasteiger partial charge in [-0.25, -0.2) is 0 Å². The summed E-state index contributed by atoms with van der Waals surface area (Å²) >= 11 is 0. The highest BCUT2D eigenvalue weighted by atomic mass is 32.2. The summed E-state index contributed by atoms with van der Waals surface area (Å²) in [6.45, 7) is 6.68. The molecule has 1 aliphatic rings. The van der Waals surface area contributed by atoms with Crippen LogP contribution in [-0.2, 0) is 20.3 Å². The van der Waals surface area contributed by atoms with Gasteiger partial charge in [0.1, 0.15) is 0 Å². The van der Waals surface area contributed by atoms with Gasteiger partial charge in [-0.05, 0) is 20.8 Å². The standard InChI is InChI=1S/C7H12O3S/c1-5(8)10-7(4)6(2,3)11(7)9/h1-4H3. The molecule has 11 heavy (non-hydrogen) atoms. The van der Waals surface area contributed by atoms with Crippen LogP contribution in [0.15, 0.2) is 0 Å². The van der Waals surface area contributed by atoms with Crippen molar-refractivity contribution in [3.05, 3.63) is 0 Å². The van der Waals surface area contributed by atoms with Crippen molar-refractivity contribution in [3.63, 3.8) is 0 Å². The van der Waals surface area contributed by atoms with Crippen molar-refractivity contribution in [1.29, 1.82) is 0 Å². The maximum Gasteiger partial charge on any atom is 0.304 e. The number of hydrogen-bond acceptors (Lipinski definition) is 3. The highest BCUT2D eigenvalue weighted by Crippen LogP contribution is 2.52. The molecule has 0 spiro atoms. The molecule has 0 aromatic rings. The van der Waals surface area contributed by atoms with Crippen LogP contribution in [0.3, 0.4) is 0 Å². The molecule has 3 nitrogen and oxygen atoms in total. The Bertz CT molecular complexity index is 234. The molecule has 64 valence electrons. The molecule has 4 heteroatoms. The zero-order valence-corrected chi connectivity index (χ0v) is 7.95. The van der Waals surface area contributed by atoms with E-state index in [0.717, 1.165) is 0 Å². The molecule has 0 aliphatic carbocycles. The quantitative estimate of drug-likeness (QED) is 0.438. The van der Waals surface area contributed by atoms with E-state index in [0.29, 0.717) is 0 Å². The zero-order valence-electron chi connectivity index (χ0n) is 7.13. The average molecular weight is 176 g/mol. The third-order valence-corrected chi connectivity index (χ3v) is 4.62. The first-order valence-corrected chi connectivity index (χ1v) is 4.59.